The topological polar surface area (TPSA) is 101 Å². The Kier molecular flexibility index (Phi) is 9.50. The van der Waals surface area contributed by atoms with Gasteiger partial charge in [0.2, 0.25) is 12.2 Å². The zero-order chi connectivity index (χ0) is 24.6. The minimum atomic E-state index is -4.46. The zero-order valence-corrected chi connectivity index (χ0v) is 17.5. The van der Waals surface area contributed by atoms with Gasteiger partial charge in [-0.15, -0.1) is 0 Å². The fourth-order valence-electron chi connectivity index (χ4n) is 3.11. The number of carbonyl (C=O) groups excluding carboxylic acids is 1. The summed E-state index contributed by atoms with van der Waals surface area (Å²) in [5, 5.41) is 20.2. The monoisotopic (exact) mass is 478 g/mol. The van der Waals surface area contributed by atoms with Crippen molar-refractivity contribution in [3.8, 4) is 5.75 Å². The summed E-state index contributed by atoms with van der Waals surface area (Å²) >= 11 is 0. The highest BCUT2D eigenvalue weighted by Crippen LogP contribution is 2.41. The molecule has 7 nitrogen and oxygen atoms in total. The van der Waals surface area contributed by atoms with Crippen molar-refractivity contribution in [1.29, 1.82) is 0 Å². The molecule has 0 bridgehead atoms. The van der Waals surface area contributed by atoms with Crippen LogP contribution in [0.25, 0.3) is 0 Å². The lowest BCUT2D eigenvalue weighted by Gasteiger charge is -2.16. The lowest BCUT2D eigenvalue weighted by Crippen LogP contribution is -2.27. The number of pyridine rings is 1. The van der Waals surface area contributed by atoms with Gasteiger partial charge in [-0.1, -0.05) is 6.07 Å². The van der Waals surface area contributed by atoms with Crippen molar-refractivity contribution < 1.29 is 46.4 Å². The van der Waals surface area contributed by atoms with Crippen LogP contribution in [0.15, 0.2) is 30.5 Å². The molecule has 33 heavy (non-hydrogen) atoms. The Balaban J connectivity index is 0.000000257. The Morgan fingerprint density at radius 2 is 2.06 bits per heavy atom. The number of aromatic nitrogens is 1. The number of alkyl halides is 3. The van der Waals surface area contributed by atoms with Crippen molar-refractivity contribution in [2.24, 2.45) is 0 Å². The average Bonchev–Trinajstić information content (AvgIpc) is 3.28. The number of nitrogens with one attached hydrogen (secondary N) is 1. The summed E-state index contributed by atoms with van der Waals surface area (Å²) in [5.41, 5.74) is 1.07. The lowest BCUT2D eigenvalue weighted by molar-refractivity contribution is -0.206. The minimum Gasteiger partial charge on any atom is -0.490 e. The zero-order valence-electron chi connectivity index (χ0n) is 17.5. The van der Waals surface area contributed by atoms with E-state index in [-0.39, 0.29) is 30.9 Å². The molecule has 1 aromatic heterocycles. The maximum atomic E-state index is 13.7. The molecule has 0 spiro atoms. The van der Waals surface area contributed by atoms with Crippen molar-refractivity contribution in [3.05, 3.63) is 53.4 Å². The van der Waals surface area contributed by atoms with Crippen LogP contribution in [0, 0.1) is 11.6 Å². The van der Waals surface area contributed by atoms with E-state index in [2.05, 4.69) is 10.3 Å². The second kappa shape index (κ2) is 11.9. The van der Waals surface area contributed by atoms with E-state index in [1.165, 1.54) is 18.3 Å². The van der Waals surface area contributed by atoms with Crippen LogP contribution in [0.1, 0.15) is 36.6 Å². The molecule has 1 saturated heterocycles. The normalized spacial score (nSPS) is 18.8. The Labute approximate surface area is 186 Å². The Hall–Kier alpha value is -2.83. The lowest BCUT2D eigenvalue weighted by atomic mass is 9.95. The smallest absolute Gasteiger partial charge is 0.414 e. The summed E-state index contributed by atoms with van der Waals surface area (Å²) in [4.78, 5) is 13.9. The van der Waals surface area contributed by atoms with Gasteiger partial charge in [-0.05, 0) is 31.5 Å². The fourth-order valence-corrected chi connectivity index (χ4v) is 3.11. The van der Waals surface area contributed by atoms with Crippen LogP contribution in [0.4, 0.5) is 27.6 Å². The maximum absolute atomic E-state index is 13.7. The predicted molar refractivity (Wildman–Crippen MR) is 107 cm³/mol. The van der Waals surface area contributed by atoms with Crippen LogP contribution in [0.2, 0.25) is 0 Å². The number of aliphatic hydroxyl groups excluding tert-OH is 2. The molecule has 182 valence electrons. The van der Waals surface area contributed by atoms with E-state index in [1.54, 1.807) is 13.0 Å². The number of amides is 1. The molecular weight excluding hydrogens is 455 g/mol. The second-order valence-electron chi connectivity index (χ2n) is 6.94. The number of hydrogen-bond donors (Lipinski definition) is 3. The van der Waals surface area contributed by atoms with Gasteiger partial charge < -0.3 is 25.0 Å². The van der Waals surface area contributed by atoms with E-state index in [0.29, 0.717) is 17.8 Å². The molecule has 2 heterocycles. The quantitative estimate of drug-likeness (QED) is 0.416. The molecule has 3 unspecified atom stereocenters. The van der Waals surface area contributed by atoms with Gasteiger partial charge in [0.15, 0.2) is 17.7 Å². The van der Waals surface area contributed by atoms with Gasteiger partial charge >= 0.3 is 6.18 Å². The highest BCUT2D eigenvalue weighted by atomic mass is 19.4. The molecular formula is C21H23F5N2O5. The third-order valence-corrected chi connectivity index (χ3v) is 4.69. The van der Waals surface area contributed by atoms with Crippen LogP contribution >= 0.6 is 0 Å². The number of nitrogens with zero attached hydrogens (tertiary/aromatic N) is 1. The number of halogens is 5. The predicted octanol–water partition coefficient (Wildman–Crippen LogP) is 3.47. The number of aliphatic hydroxyl groups is 2. The molecule has 1 amide bonds. The van der Waals surface area contributed by atoms with Crippen LogP contribution < -0.4 is 10.1 Å². The van der Waals surface area contributed by atoms with Crippen LogP contribution in [-0.2, 0) is 9.53 Å². The molecule has 3 rings (SSSR count). The van der Waals surface area contributed by atoms with E-state index in [9.17, 15) is 31.9 Å². The second-order valence-corrected chi connectivity index (χ2v) is 6.94. The first-order valence-electron chi connectivity index (χ1n) is 9.86. The molecule has 0 aliphatic carbocycles. The molecule has 1 aromatic carbocycles. The number of benzene rings is 1. The highest BCUT2D eigenvalue weighted by Gasteiger charge is 2.46. The van der Waals surface area contributed by atoms with Crippen molar-refractivity contribution in [2.75, 3.05) is 25.1 Å². The summed E-state index contributed by atoms with van der Waals surface area (Å²) in [5.74, 6) is -3.27. The standard InChI is InChI=1S/C13H13F5O2.C8H10N2O3/c1-2-19-12-8(3-4-9(14)11(12)15)7-5-10(20-6-7)13(16,17)18;11-4-8(13)7-3-6(10-5-12)1-2-9-7/h3-4,7,10H,2,5-6H2,1H3;1-3,5,8,11,13H,4H2,(H,9,10,12). The Bertz CT molecular complexity index is 928. The van der Waals surface area contributed by atoms with E-state index in [1.807, 2.05) is 0 Å². The molecule has 2 aromatic rings. The van der Waals surface area contributed by atoms with Crippen molar-refractivity contribution in [3.63, 3.8) is 0 Å². The summed E-state index contributed by atoms with van der Waals surface area (Å²) < 4.78 is 74.2. The first-order chi connectivity index (χ1) is 15.6. The summed E-state index contributed by atoms with van der Waals surface area (Å²) in [6.07, 6.45) is -5.69. The van der Waals surface area contributed by atoms with Crippen molar-refractivity contribution in [2.45, 2.75) is 37.6 Å². The minimum absolute atomic E-state index is 0.0870. The fraction of sp³-hybridized carbons (Fsp3) is 0.429. The first-order valence-corrected chi connectivity index (χ1v) is 9.86. The van der Waals surface area contributed by atoms with Gasteiger partial charge in [0, 0.05) is 23.4 Å². The van der Waals surface area contributed by atoms with Crippen LogP contribution in [-0.4, -0.2) is 53.7 Å². The third kappa shape index (κ3) is 7.07. The summed E-state index contributed by atoms with van der Waals surface area (Å²) in [7, 11) is 0. The molecule has 1 fully saturated rings. The number of ether oxygens (including phenoxy) is 2. The summed E-state index contributed by atoms with van der Waals surface area (Å²) in [6.45, 7) is 1.08. The van der Waals surface area contributed by atoms with E-state index >= 15 is 0 Å². The Morgan fingerprint density at radius 1 is 1.33 bits per heavy atom. The van der Waals surface area contributed by atoms with E-state index in [4.69, 9.17) is 14.6 Å². The van der Waals surface area contributed by atoms with E-state index < -0.39 is 42.5 Å². The Morgan fingerprint density at radius 3 is 2.64 bits per heavy atom. The van der Waals surface area contributed by atoms with Gasteiger partial charge in [0.05, 0.1) is 25.5 Å². The van der Waals surface area contributed by atoms with Gasteiger partial charge in [-0.3, -0.25) is 9.78 Å². The molecule has 12 heteroatoms. The maximum Gasteiger partial charge on any atom is 0.414 e. The first kappa shape index (κ1) is 26.4. The van der Waals surface area contributed by atoms with Gasteiger partial charge in [0.1, 0.15) is 6.10 Å². The number of hydrogen-bond acceptors (Lipinski definition) is 6. The number of carbonyl (C=O) groups is 1. The largest absolute Gasteiger partial charge is 0.490 e. The molecule has 0 radical (unpaired) electrons. The van der Waals surface area contributed by atoms with Crippen LogP contribution in [0.5, 0.6) is 5.75 Å². The van der Waals surface area contributed by atoms with Crippen LogP contribution in [0.3, 0.4) is 0 Å². The number of anilines is 1. The molecule has 0 saturated carbocycles. The third-order valence-electron chi connectivity index (χ3n) is 4.69. The molecule has 3 atom stereocenters. The molecule has 1 aliphatic heterocycles. The average molecular weight is 478 g/mol. The van der Waals surface area contributed by atoms with E-state index in [0.717, 1.165) is 6.07 Å². The van der Waals surface area contributed by atoms with Gasteiger partial charge in [-0.2, -0.15) is 17.6 Å². The number of rotatable bonds is 7. The van der Waals surface area contributed by atoms with Gasteiger partial charge in [0.25, 0.3) is 0 Å². The van der Waals surface area contributed by atoms with Crippen molar-refractivity contribution in [1.82, 2.24) is 4.98 Å². The molecule has 3 N–H and O–H groups in total. The SMILES string of the molecule is CCOc1c(C2COC(C(F)(F)F)C2)ccc(F)c1F.O=CNc1ccnc(C(O)CO)c1. The van der Waals surface area contributed by atoms with Gasteiger partial charge in [-0.25, -0.2) is 4.39 Å². The highest BCUT2D eigenvalue weighted by molar-refractivity contribution is 5.70. The summed E-state index contributed by atoms with van der Waals surface area (Å²) in [6, 6.07) is 5.21. The van der Waals surface area contributed by atoms with Crippen molar-refractivity contribution >= 4 is 12.1 Å². The molecule has 1 aliphatic rings.